The van der Waals surface area contributed by atoms with Crippen molar-refractivity contribution in [2.45, 2.75) is 12.5 Å². The third kappa shape index (κ3) is 2.15. The van der Waals surface area contributed by atoms with Crippen LogP contribution in [-0.2, 0) is 0 Å². The lowest BCUT2D eigenvalue weighted by Crippen LogP contribution is -2.24. The summed E-state index contributed by atoms with van der Waals surface area (Å²) in [5, 5.41) is 12.1. The molecule has 1 saturated heterocycles. The van der Waals surface area contributed by atoms with E-state index in [1.807, 2.05) is 6.07 Å². The Bertz CT molecular complexity index is 425. The summed E-state index contributed by atoms with van der Waals surface area (Å²) < 4.78 is 13.3. The summed E-state index contributed by atoms with van der Waals surface area (Å²) in [6.07, 6.45) is 1.03. The lowest BCUT2D eigenvalue weighted by molar-refractivity contribution is 0.414. The van der Waals surface area contributed by atoms with E-state index in [0.29, 0.717) is 11.7 Å². The lowest BCUT2D eigenvalue weighted by atomic mass is 10.1. The van der Waals surface area contributed by atoms with Crippen molar-refractivity contribution < 1.29 is 4.39 Å². The van der Waals surface area contributed by atoms with E-state index < -0.39 is 5.82 Å². The van der Waals surface area contributed by atoms with Gasteiger partial charge in [0.25, 0.3) is 0 Å². The fraction of sp³-hybridized carbons (Fsp3) is 0.417. The van der Waals surface area contributed by atoms with E-state index in [4.69, 9.17) is 5.26 Å². The number of hydrogen-bond donors (Lipinski definition) is 1. The van der Waals surface area contributed by atoms with Gasteiger partial charge in [-0.05, 0) is 32.1 Å². The molecule has 0 spiro atoms. The third-order valence-electron chi connectivity index (χ3n) is 2.88. The van der Waals surface area contributed by atoms with Gasteiger partial charge < -0.3 is 10.2 Å². The SMILES string of the molecule is CN1CCC(Nc2cccc(F)c2C#N)C1. The van der Waals surface area contributed by atoms with Crippen molar-refractivity contribution in [2.75, 3.05) is 25.5 Å². The van der Waals surface area contributed by atoms with E-state index in [-0.39, 0.29) is 5.56 Å². The fourth-order valence-electron chi connectivity index (χ4n) is 2.03. The van der Waals surface area contributed by atoms with Crippen molar-refractivity contribution in [2.24, 2.45) is 0 Å². The maximum absolute atomic E-state index is 13.3. The number of likely N-dealkylation sites (tertiary alicyclic amines) is 1. The van der Waals surface area contributed by atoms with Gasteiger partial charge in [0.05, 0.1) is 5.69 Å². The Morgan fingerprint density at radius 2 is 2.38 bits per heavy atom. The second-order valence-corrected chi connectivity index (χ2v) is 4.17. The molecule has 0 aliphatic carbocycles. The summed E-state index contributed by atoms with van der Waals surface area (Å²) in [6, 6.07) is 6.88. The minimum Gasteiger partial charge on any atom is -0.380 e. The molecule has 1 aliphatic heterocycles. The predicted molar refractivity (Wildman–Crippen MR) is 60.6 cm³/mol. The van der Waals surface area contributed by atoms with Crippen molar-refractivity contribution in [1.82, 2.24) is 4.90 Å². The number of nitrogens with zero attached hydrogens (tertiary/aromatic N) is 2. The molecule has 16 heavy (non-hydrogen) atoms. The van der Waals surface area contributed by atoms with Crippen LogP contribution in [0.4, 0.5) is 10.1 Å². The first-order valence-electron chi connectivity index (χ1n) is 5.34. The molecular formula is C12H14FN3. The quantitative estimate of drug-likeness (QED) is 0.824. The molecule has 1 fully saturated rings. The van der Waals surface area contributed by atoms with Crippen LogP contribution in [0.5, 0.6) is 0 Å². The monoisotopic (exact) mass is 219 g/mol. The molecule has 4 heteroatoms. The molecule has 3 nitrogen and oxygen atoms in total. The summed E-state index contributed by atoms with van der Waals surface area (Å²) >= 11 is 0. The minimum absolute atomic E-state index is 0.108. The zero-order valence-corrected chi connectivity index (χ0v) is 9.20. The molecule has 1 heterocycles. The molecule has 0 saturated carbocycles. The fourth-order valence-corrected chi connectivity index (χ4v) is 2.03. The Labute approximate surface area is 94.5 Å². The second kappa shape index (κ2) is 4.50. The van der Waals surface area contributed by atoms with Gasteiger partial charge in [-0.3, -0.25) is 0 Å². The molecule has 1 N–H and O–H groups in total. The van der Waals surface area contributed by atoms with Crippen molar-refractivity contribution in [3.63, 3.8) is 0 Å². The molecular weight excluding hydrogens is 205 g/mol. The highest BCUT2D eigenvalue weighted by molar-refractivity contribution is 5.58. The Balaban J connectivity index is 2.16. The van der Waals surface area contributed by atoms with Gasteiger partial charge in [0, 0.05) is 12.6 Å². The number of anilines is 1. The van der Waals surface area contributed by atoms with Crippen molar-refractivity contribution in [3.8, 4) is 6.07 Å². The number of likely N-dealkylation sites (N-methyl/N-ethyl adjacent to an activating group) is 1. The maximum atomic E-state index is 13.3. The van der Waals surface area contributed by atoms with Gasteiger partial charge in [0.1, 0.15) is 17.4 Å². The largest absolute Gasteiger partial charge is 0.380 e. The molecule has 0 aromatic heterocycles. The maximum Gasteiger partial charge on any atom is 0.143 e. The molecule has 0 amide bonds. The minimum atomic E-state index is -0.459. The topological polar surface area (TPSA) is 39.1 Å². The van der Waals surface area contributed by atoms with E-state index in [9.17, 15) is 4.39 Å². The Morgan fingerprint density at radius 1 is 1.56 bits per heavy atom. The first kappa shape index (κ1) is 10.9. The highest BCUT2D eigenvalue weighted by Gasteiger charge is 2.20. The average molecular weight is 219 g/mol. The second-order valence-electron chi connectivity index (χ2n) is 4.17. The summed E-state index contributed by atoms with van der Waals surface area (Å²) in [5.74, 6) is -0.459. The summed E-state index contributed by atoms with van der Waals surface area (Å²) in [6.45, 7) is 1.97. The van der Waals surface area contributed by atoms with Crippen molar-refractivity contribution in [3.05, 3.63) is 29.6 Å². The van der Waals surface area contributed by atoms with Crippen LogP contribution in [-0.4, -0.2) is 31.1 Å². The van der Waals surface area contributed by atoms with Crippen molar-refractivity contribution >= 4 is 5.69 Å². The number of hydrogen-bond acceptors (Lipinski definition) is 3. The standard InChI is InChI=1S/C12H14FN3/c1-16-6-5-9(8-16)15-12-4-2-3-11(13)10(12)7-14/h2-4,9,15H,5-6,8H2,1H3. The van der Waals surface area contributed by atoms with Crippen molar-refractivity contribution in [1.29, 1.82) is 5.26 Å². The van der Waals surface area contributed by atoms with Crippen LogP contribution in [0.15, 0.2) is 18.2 Å². The highest BCUT2D eigenvalue weighted by Crippen LogP contribution is 2.21. The first-order valence-corrected chi connectivity index (χ1v) is 5.34. The summed E-state index contributed by atoms with van der Waals surface area (Å²) in [5.41, 5.74) is 0.708. The molecule has 1 aromatic rings. The molecule has 1 aromatic carbocycles. The number of rotatable bonds is 2. The van der Waals surface area contributed by atoms with Crippen LogP contribution >= 0.6 is 0 Å². The zero-order valence-electron chi connectivity index (χ0n) is 9.20. The van der Waals surface area contributed by atoms with Gasteiger partial charge in [-0.2, -0.15) is 5.26 Å². The highest BCUT2D eigenvalue weighted by atomic mass is 19.1. The average Bonchev–Trinajstić information content (AvgIpc) is 2.64. The Kier molecular flexibility index (Phi) is 3.07. The van der Waals surface area contributed by atoms with Crippen LogP contribution in [0.25, 0.3) is 0 Å². The first-order chi connectivity index (χ1) is 7.70. The molecule has 84 valence electrons. The van der Waals surface area contributed by atoms with E-state index >= 15 is 0 Å². The molecule has 1 aliphatic rings. The molecule has 0 radical (unpaired) electrons. The number of nitriles is 1. The van der Waals surface area contributed by atoms with E-state index in [1.165, 1.54) is 6.07 Å². The van der Waals surface area contributed by atoms with E-state index in [0.717, 1.165) is 19.5 Å². The number of benzene rings is 1. The third-order valence-corrected chi connectivity index (χ3v) is 2.88. The van der Waals surface area contributed by atoms with E-state index in [2.05, 4.69) is 17.3 Å². The van der Waals surface area contributed by atoms with Gasteiger partial charge in [0.2, 0.25) is 0 Å². The van der Waals surface area contributed by atoms with Gasteiger partial charge in [-0.25, -0.2) is 4.39 Å². The van der Waals surface area contributed by atoms with Gasteiger partial charge in [-0.15, -0.1) is 0 Å². The normalized spacial score (nSPS) is 20.7. The van der Waals surface area contributed by atoms with Crippen LogP contribution in [0.2, 0.25) is 0 Å². The number of nitrogens with one attached hydrogen (secondary N) is 1. The molecule has 1 atom stereocenters. The summed E-state index contributed by atoms with van der Waals surface area (Å²) in [7, 11) is 2.05. The van der Waals surface area contributed by atoms with Crippen LogP contribution < -0.4 is 5.32 Å². The van der Waals surface area contributed by atoms with E-state index in [1.54, 1.807) is 12.1 Å². The van der Waals surface area contributed by atoms with Crippen LogP contribution in [0.3, 0.4) is 0 Å². The zero-order chi connectivity index (χ0) is 11.5. The van der Waals surface area contributed by atoms with Gasteiger partial charge >= 0.3 is 0 Å². The predicted octanol–water partition coefficient (Wildman–Crippen LogP) is 1.81. The smallest absolute Gasteiger partial charge is 0.143 e. The van der Waals surface area contributed by atoms with Crippen LogP contribution in [0.1, 0.15) is 12.0 Å². The Morgan fingerprint density at radius 3 is 3.00 bits per heavy atom. The molecule has 2 rings (SSSR count). The Hall–Kier alpha value is -1.60. The van der Waals surface area contributed by atoms with Gasteiger partial charge in [0.15, 0.2) is 0 Å². The summed E-state index contributed by atoms with van der Waals surface area (Å²) in [4.78, 5) is 2.21. The van der Waals surface area contributed by atoms with Gasteiger partial charge in [-0.1, -0.05) is 6.07 Å². The van der Waals surface area contributed by atoms with Crippen LogP contribution in [0, 0.1) is 17.1 Å². The molecule has 1 unspecified atom stereocenters. The molecule has 0 bridgehead atoms. The number of halogens is 1. The lowest BCUT2D eigenvalue weighted by Gasteiger charge is -2.15.